The van der Waals surface area contributed by atoms with Crippen molar-refractivity contribution in [2.45, 2.75) is 43.5 Å². The predicted octanol–water partition coefficient (Wildman–Crippen LogP) is 4.29. The Balaban J connectivity index is 1.36. The van der Waals surface area contributed by atoms with Crippen LogP contribution in [0, 0.1) is 0 Å². The molecule has 0 radical (unpaired) electrons. The van der Waals surface area contributed by atoms with Gasteiger partial charge in [0.15, 0.2) is 0 Å². The lowest BCUT2D eigenvalue weighted by Crippen LogP contribution is -2.32. The van der Waals surface area contributed by atoms with E-state index >= 15 is 0 Å². The topological polar surface area (TPSA) is 91.7 Å². The number of amides is 1. The maximum atomic E-state index is 13.0. The predicted molar refractivity (Wildman–Crippen MR) is 125 cm³/mol. The SMILES string of the molecule is C[C@H](NC(=O)CNc1cccc(S(=O)(=O)N2CCCCCC2)c1)c1cc2ccccc2o1. The molecule has 1 atom stereocenters. The Hall–Kier alpha value is -2.84. The molecule has 2 N–H and O–H groups in total. The molecule has 170 valence electrons. The van der Waals surface area contributed by atoms with Crippen LogP contribution in [0.1, 0.15) is 44.4 Å². The molecule has 8 heteroatoms. The van der Waals surface area contributed by atoms with Crippen molar-refractivity contribution in [2.24, 2.45) is 0 Å². The summed E-state index contributed by atoms with van der Waals surface area (Å²) in [4.78, 5) is 12.7. The van der Waals surface area contributed by atoms with E-state index in [-0.39, 0.29) is 23.4 Å². The Kier molecular flexibility index (Phi) is 6.81. The summed E-state index contributed by atoms with van der Waals surface area (Å²) in [6.45, 7) is 3.01. The average Bonchev–Trinajstić information content (AvgIpc) is 3.03. The maximum Gasteiger partial charge on any atom is 0.243 e. The van der Waals surface area contributed by atoms with E-state index in [1.165, 1.54) is 0 Å². The number of carbonyl (C=O) groups excluding carboxylic acids is 1. The van der Waals surface area contributed by atoms with Crippen molar-refractivity contribution in [2.75, 3.05) is 25.0 Å². The van der Waals surface area contributed by atoms with E-state index in [2.05, 4.69) is 10.6 Å². The lowest BCUT2D eigenvalue weighted by atomic mass is 10.2. The fourth-order valence-corrected chi connectivity index (χ4v) is 5.52. The molecule has 2 heterocycles. The molecule has 1 aliphatic heterocycles. The third-order valence-corrected chi connectivity index (χ3v) is 7.63. The van der Waals surface area contributed by atoms with Crippen molar-refractivity contribution in [1.82, 2.24) is 9.62 Å². The second kappa shape index (κ2) is 9.75. The molecule has 2 aromatic carbocycles. The summed E-state index contributed by atoms with van der Waals surface area (Å²) in [5, 5.41) is 6.93. The van der Waals surface area contributed by atoms with Gasteiger partial charge >= 0.3 is 0 Å². The molecule has 0 bridgehead atoms. The van der Waals surface area contributed by atoms with E-state index < -0.39 is 10.0 Å². The number of furan rings is 1. The molecule has 0 saturated carbocycles. The Morgan fingerprint density at radius 2 is 1.78 bits per heavy atom. The second-order valence-electron chi connectivity index (χ2n) is 8.18. The minimum absolute atomic E-state index is 0.0256. The Morgan fingerprint density at radius 3 is 2.53 bits per heavy atom. The van der Waals surface area contributed by atoms with Gasteiger partial charge in [0, 0.05) is 24.2 Å². The molecular weight excluding hydrogens is 426 g/mol. The zero-order valence-corrected chi connectivity index (χ0v) is 19.0. The number of fused-ring (bicyclic) bond motifs is 1. The highest BCUT2D eigenvalue weighted by molar-refractivity contribution is 7.89. The molecule has 0 aliphatic carbocycles. The van der Waals surface area contributed by atoms with Gasteiger partial charge in [-0.3, -0.25) is 4.79 Å². The lowest BCUT2D eigenvalue weighted by Gasteiger charge is -2.20. The fourth-order valence-electron chi connectivity index (χ4n) is 3.96. The van der Waals surface area contributed by atoms with Gasteiger partial charge < -0.3 is 15.1 Å². The van der Waals surface area contributed by atoms with Gasteiger partial charge in [0.2, 0.25) is 15.9 Å². The summed E-state index contributed by atoms with van der Waals surface area (Å²) in [6, 6.07) is 16.0. The average molecular weight is 456 g/mol. The summed E-state index contributed by atoms with van der Waals surface area (Å²) in [7, 11) is -3.53. The van der Waals surface area contributed by atoms with Crippen LogP contribution in [0.2, 0.25) is 0 Å². The van der Waals surface area contributed by atoms with Crippen LogP contribution in [-0.2, 0) is 14.8 Å². The zero-order valence-electron chi connectivity index (χ0n) is 18.2. The summed E-state index contributed by atoms with van der Waals surface area (Å²) in [5.74, 6) is 0.476. The number of para-hydroxylation sites is 1. The van der Waals surface area contributed by atoms with Crippen LogP contribution in [0.15, 0.2) is 63.9 Å². The first-order valence-corrected chi connectivity index (χ1v) is 12.5. The molecule has 1 saturated heterocycles. The Labute approximate surface area is 188 Å². The number of nitrogens with one attached hydrogen (secondary N) is 2. The van der Waals surface area contributed by atoms with Crippen LogP contribution in [0.3, 0.4) is 0 Å². The highest BCUT2D eigenvalue weighted by Crippen LogP contribution is 2.24. The standard InChI is InChI=1S/C24H29N3O4S/c1-18(23-15-19-9-4-5-12-22(19)31-23)26-24(28)17-25-20-10-8-11-21(16-20)32(29,30)27-13-6-2-3-7-14-27/h4-5,8-12,15-16,18,25H,2-3,6-7,13-14,17H2,1H3,(H,26,28)/t18-/m0/s1. The third kappa shape index (κ3) is 5.14. The van der Waals surface area contributed by atoms with Gasteiger partial charge in [0.25, 0.3) is 0 Å². The summed E-state index contributed by atoms with van der Waals surface area (Å²) in [5.41, 5.74) is 1.37. The Morgan fingerprint density at radius 1 is 1.03 bits per heavy atom. The van der Waals surface area contributed by atoms with Gasteiger partial charge in [-0.15, -0.1) is 0 Å². The van der Waals surface area contributed by atoms with E-state index in [1.54, 1.807) is 28.6 Å². The first-order valence-electron chi connectivity index (χ1n) is 11.1. The monoisotopic (exact) mass is 455 g/mol. The fraction of sp³-hybridized carbons (Fsp3) is 0.375. The number of anilines is 1. The highest BCUT2D eigenvalue weighted by atomic mass is 32.2. The summed E-state index contributed by atoms with van der Waals surface area (Å²) < 4.78 is 33.4. The van der Waals surface area contributed by atoms with Crippen molar-refractivity contribution in [3.8, 4) is 0 Å². The van der Waals surface area contributed by atoms with Gasteiger partial charge in [-0.05, 0) is 50.1 Å². The molecule has 1 amide bonds. The van der Waals surface area contributed by atoms with Crippen molar-refractivity contribution >= 4 is 32.6 Å². The van der Waals surface area contributed by atoms with Crippen LogP contribution in [0.4, 0.5) is 5.69 Å². The smallest absolute Gasteiger partial charge is 0.243 e. The van der Waals surface area contributed by atoms with Crippen molar-refractivity contribution in [3.05, 3.63) is 60.4 Å². The van der Waals surface area contributed by atoms with Crippen molar-refractivity contribution in [1.29, 1.82) is 0 Å². The van der Waals surface area contributed by atoms with Crippen LogP contribution in [-0.4, -0.2) is 38.3 Å². The summed E-state index contributed by atoms with van der Waals surface area (Å²) >= 11 is 0. The number of benzene rings is 2. The molecular formula is C24H29N3O4S. The maximum absolute atomic E-state index is 13.0. The van der Waals surface area contributed by atoms with Crippen LogP contribution in [0.25, 0.3) is 11.0 Å². The first-order chi connectivity index (χ1) is 15.4. The molecule has 1 aliphatic rings. The van der Waals surface area contributed by atoms with Crippen LogP contribution >= 0.6 is 0 Å². The number of sulfonamides is 1. The van der Waals surface area contributed by atoms with E-state index in [4.69, 9.17) is 4.42 Å². The molecule has 0 unspecified atom stereocenters. The first kappa shape index (κ1) is 22.4. The second-order valence-corrected chi connectivity index (χ2v) is 10.1. The Bertz CT molecular complexity index is 1150. The zero-order chi connectivity index (χ0) is 22.6. The van der Waals surface area contributed by atoms with Crippen molar-refractivity contribution in [3.63, 3.8) is 0 Å². The molecule has 1 aromatic heterocycles. The summed E-state index contributed by atoms with van der Waals surface area (Å²) in [6.07, 6.45) is 3.91. The minimum Gasteiger partial charge on any atom is -0.459 e. The number of nitrogens with zero attached hydrogens (tertiary/aromatic N) is 1. The van der Waals surface area contributed by atoms with Gasteiger partial charge in [-0.1, -0.05) is 37.1 Å². The van der Waals surface area contributed by atoms with Crippen LogP contribution in [0.5, 0.6) is 0 Å². The number of rotatable bonds is 7. The number of hydrogen-bond acceptors (Lipinski definition) is 5. The van der Waals surface area contributed by atoms with Gasteiger partial charge in [-0.25, -0.2) is 8.42 Å². The normalized spacial score (nSPS) is 16.4. The molecule has 4 rings (SSSR count). The largest absolute Gasteiger partial charge is 0.459 e. The van der Waals surface area contributed by atoms with Gasteiger partial charge in [0.05, 0.1) is 17.5 Å². The van der Waals surface area contributed by atoms with E-state index in [9.17, 15) is 13.2 Å². The molecule has 32 heavy (non-hydrogen) atoms. The molecule has 7 nitrogen and oxygen atoms in total. The van der Waals surface area contributed by atoms with E-state index in [0.29, 0.717) is 24.5 Å². The minimum atomic E-state index is -3.53. The van der Waals surface area contributed by atoms with Gasteiger partial charge in [0.1, 0.15) is 11.3 Å². The van der Waals surface area contributed by atoms with Gasteiger partial charge in [-0.2, -0.15) is 4.31 Å². The third-order valence-electron chi connectivity index (χ3n) is 5.74. The highest BCUT2D eigenvalue weighted by Gasteiger charge is 2.25. The van der Waals surface area contributed by atoms with E-state index in [0.717, 1.165) is 36.7 Å². The van der Waals surface area contributed by atoms with E-state index in [1.807, 2.05) is 37.3 Å². The number of hydrogen-bond donors (Lipinski definition) is 2. The lowest BCUT2D eigenvalue weighted by molar-refractivity contribution is -0.120. The van der Waals surface area contributed by atoms with Crippen LogP contribution < -0.4 is 10.6 Å². The molecule has 0 spiro atoms. The molecule has 1 fully saturated rings. The quantitative estimate of drug-likeness (QED) is 0.555. The molecule has 3 aromatic rings. The number of carbonyl (C=O) groups is 1. The van der Waals surface area contributed by atoms with Crippen molar-refractivity contribution < 1.29 is 17.6 Å².